The van der Waals surface area contributed by atoms with Crippen LogP contribution in [0.25, 0.3) is 10.6 Å². The summed E-state index contributed by atoms with van der Waals surface area (Å²) in [4.78, 5) is 0. The van der Waals surface area contributed by atoms with Crippen LogP contribution >= 0.6 is 34.5 Å². The van der Waals surface area contributed by atoms with Gasteiger partial charge in [-0.25, -0.2) is 4.68 Å². The van der Waals surface area contributed by atoms with Gasteiger partial charge in [0, 0.05) is 13.1 Å². The van der Waals surface area contributed by atoms with E-state index in [4.69, 9.17) is 37.4 Å². The molecule has 166 valence electrons. The largest absolute Gasteiger partial charge is 0.497 e. The highest BCUT2D eigenvalue weighted by atomic mass is 35.5. The first-order valence-electron chi connectivity index (χ1n) is 9.62. The Kier molecular flexibility index (Phi) is 6.55. The fraction of sp³-hybridized carbons (Fsp3) is 0.227. The van der Waals surface area contributed by atoms with Crippen molar-refractivity contribution in [3.05, 3.63) is 62.7 Å². The van der Waals surface area contributed by atoms with Gasteiger partial charge in [0.15, 0.2) is 10.8 Å². The summed E-state index contributed by atoms with van der Waals surface area (Å²) in [7, 11) is 3.42. The van der Waals surface area contributed by atoms with Crippen molar-refractivity contribution in [3.63, 3.8) is 0 Å². The average Bonchev–Trinajstić information content (AvgIpc) is 3.31. The first-order chi connectivity index (χ1) is 15.4. The molecular formula is C22H20Cl2N4O3S. The summed E-state index contributed by atoms with van der Waals surface area (Å²) in [6, 6.07) is 10.9. The number of hydrogen-bond donors (Lipinski definition) is 0. The first-order valence-corrected chi connectivity index (χ1v) is 11.2. The zero-order chi connectivity index (χ0) is 22.8. The van der Waals surface area contributed by atoms with Crippen molar-refractivity contribution in [2.75, 3.05) is 7.11 Å². The van der Waals surface area contributed by atoms with Crippen molar-refractivity contribution >= 4 is 34.5 Å². The second-order valence-electron chi connectivity index (χ2n) is 6.97. The summed E-state index contributed by atoms with van der Waals surface area (Å²) >= 11 is 14.3. The fourth-order valence-corrected chi connectivity index (χ4v) is 4.34. The van der Waals surface area contributed by atoms with Crippen LogP contribution in [-0.2, 0) is 13.7 Å². The molecule has 0 N–H and O–H groups in total. The summed E-state index contributed by atoms with van der Waals surface area (Å²) in [5.74, 6) is 2.13. The Hall–Kier alpha value is -2.81. The monoisotopic (exact) mass is 490 g/mol. The summed E-state index contributed by atoms with van der Waals surface area (Å²) in [5, 5.41) is 15.1. The zero-order valence-electron chi connectivity index (χ0n) is 17.8. The van der Waals surface area contributed by atoms with Gasteiger partial charge in [-0.3, -0.25) is 0 Å². The van der Waals surface area contributed by atoms with Gasteiger partial charge in [-0.05, 0) is 37.6 Å². The highest BCUT2D eigenvalue weighted by molar-refractivity contribution is 7.14. The van der Waals surface area contributed by atoms with Gasteiger partial charge in [0.05, 0.1) is 28.4 Å². The van der Waals surface area contributed by atoms with E-state index in [1.165, 1.54) is 11.3 Å². The Morgan fingerprint density at radius 1 is 1.00 bits per heavy atom. The van der Waals surface area contributed by atoms with Crippen molar-refractivity contribution in [1.82, 2.24) is 20.0 Å². The summed E-state index contributed by atoms with van der Waals surface area (Å²) in [6.45, 7) is 4.12. The van der Waals surface area contributed by atoms with Crippen molar-refractivity contribution < 1.29 is 14.2 Å². The molecule has 0 atom stereocenters. The molecule has 2 aromatic carbocycles. The topological polar surface area (TPSA) is 71.3 Å². The molecule has 0 unspecified atom stereocenters. The molecule has 0 saturated heterocycles. The molecule has 0 spiro atoms. The minimum Gasteiger partial charge on any atom is -0.497 e. The summed E-state index contributed by atoms with van der Waals surface area (Å²) in [6.07, 6.45) is 0. The third-order valence-corrected chi connectivity index (χ3v) is 6.10. The smallest absolute Gasteiger partial charge is 0.228 e. The molecule has 10 heteroatoms. The Balaban J connectivity index is 1.61. The minimum absolute atomic E-state index is 0.324. The van der Waals surface area contributed by atoms with Gasteiger partial charge < -0.3 is 14.2 Å². The van der Waals surface area contributed by atoms with E-state index >= 15 is 0 Å². The molecule has 7 nitrogen and oxygen atoms in total. The third kappa shape index (κ3) is 4.67. The van der Waals surface area contributed by atoms with E-state index in [0.717, 1.165) is 32.6 Å². The lowest BCUT2D eigenvalue weighted by atomic mass is 10.2. The predicted octanol–water partition coefficient (Wildman–Crippen LogP) is 6.24. The molecule has 2 aromatic heterocycles. The van der Waals surface area contributed by atoms with E-state index in [1.807, 2.05) is 38.1 Å². The van der Waals surface area contributed by atoms with E-state index in [0.29, 0.717) is 34.0 Å². The van der Waals surface area contributed by atoms with Crippen LogP contribution in [0.2, 0.25) is 10.0 Å². The van der Waals surface area contributed by atoms with Crippen molar-refractivity contribution in [3.8, 4) is 33.7 Å². The van der Waals surface area contributed by atoms with Crippen LogP contribution in [0.5, 0.6) is 23.1 Å². The Morgan fingerprint density at radius 2 is 1.72 bits per heavy atom. The third-order valence-electron chi connectivity index (χ3n) is 4.66. The zero-order valence-corrected chi connectivity index (χ0v) is 20.2. The van der Waals surface area contributed by atoms with Crippen LogP contribution in [-0.4, -0.2) is 27.1 Å². The summed E-state index contributed by atoms with van der Waals surface area (Å²) < 4.78 is 18.9. The molecule has 0 aliphatic heterocycles. The van der Waals surface area contributed by atoms with Gasteiger partial charge in [0.25, 0.3) is 0 Å². The van der Waals surface area contributed by atoms with E-state index in [2.05, 4.69) is 15.3 Å². The van der Waals surface area contributed by atoms with Crippen molar-refractivity contribution in [2.24, 2.45) is 7.05 Å². The average molecular weight is 491 g/mol. The molecule has 0 bridgehead atoms. The number of nitrogens with zero attached hydrogens (tertiary/aromatic N) is 4. The van der Waals surface area contributed by atoms with Gasteiger partial charge in [0.1, 0.15) is 23.1 Å². The highest BCUT2D eigenvalue weighted by Crippen LogP contribution is 2.42. The molecule has 0 amide bonds. The number of ether oxygens (including phenoxy) is 3. The van der Waals surface area contributed by atoms with Gasteiger partial charge in [-0.15, -0.1) is 10.2 Å². The Bertz CT molecular complexity index is 1260. The second kappa shape index (κ2) is 9.36. The standard InChI is InChI=1S/C22H20Cl2N4O3S/c1-12-20(21-26-25-13(2)32-21)22(28(3)27-12)31-19-10-18(16(23)9-17(19)24)30-11-14-5-7-15(29-4)8-6-14/h5-10H,11H2,1-4H3. The van der Waals surface area contributed by atoms with Crippen molar-refractivity contribution in [1.29, 1.82) is 0 Å². The van der Waals surface area contributed by atoms with Gasteiger partial charge in [-0.1, -0.05) is 46.7 Å². The maximum Gasteiger partial charge on any atom is 0.228 e. The lowest BCUT2D eigenvalue weighted by Gasteiger charge is -2.13. The van der Waals surface area contributed by atoms with E-state index in [9.17, 15) is 0 Å². The normalized spacial score (nSPS) is 10.9. The lowest BCUT2D eigenvalue weighted by Crippen LogP contribution is -1.99. The fourth-order valence-electron chi connectivity index (χ4n) is 3.08. The number of methoxy groups -OCH3 is 1. The molecule has 0 aliphatic carbocycles. The van der Waals surface area contributed by atoms with Crippen molar-refractivity contribution in [2.45, 2.75) is 20.5 Å². The van der Waals surface area contributed by atoms with Crippen LogP contribution in [0.1, 0.15) is 16.3 Å². The molecule has 0 aliphatic rings. The first kappa shape index (κ1) is 22.4. The molecule has 4 rings (SSSR count). The van der Waals surface area contributed by atoms with Crippen LogP contribution in [0, 0.1) is 13.8 Å². The molecule has 0 saturated carbocycles. The van der Waals surface area contributed by atoms with E-state index in [-0.39, 0.29) is 0 Å². The van der Waals surface area contributed by atoms with Crippen LogP contribution in [0.15, 0.2) is 36.4 Å². The van der Waals surface area contributed by atoms with Crippen LogP contribution in [0.4, 0.5) is 0 Å². The number of hydrogen-bond acceptors (Lipinski definition) is 7. The number of aromatic nitrogens is 4. The minimum atomic E-state index is 0.324. The van der Waals surface area contributed by atoms with Crippen LogP contribution < -0.4 is 14.2 Å². The SMILES string of the molecule is COc1ccc(COc2cc(Oc3c(-c4nnc(C)s4)c(C)nn3C)c(Cl)cc2Cl)cc1. The molecule has 0 fully saturated rings. The number of rotatable bonds is 7. The number of aryl methyl sites for hydroxylation is 3. The Labute approximate surface area is 199 Å². The van der Waals surface area contributed by atoms with Gasteiger partial charge in [0.2, 0.25) is 5.88 Å². The molecule has 0 radical (unpaired) electrons. The predicted molar refractivity (Wildman–Crippen MR) is 125 cm³/mol. The quantitative estimate of drug-likeness (QED) is 0.305. The highest BCUT2D eigenvalue weighted by Gasteiger charge is 2.22. The maximum absolute atomic E-state index is 6.43. The molecular weight excluding hydrogens is 471 g/mol. The van der Waals surface area contributed by atoms with Crippen LogP contribution in [0.3, 0.4) is 0 Å². The van der Waals surface area contributed by atoms with Gasteiger partial charge >= 0.3 is 0 Å². The molecule has 4 aromatic rings. The lowest BCUT2D eigenvalue weighted by molar-refractivity contribution is 0.304. The van der Waals surface area contributed by atoms with E-state index < -0.39 is 0 Å². The molecule has 32 heavy (non-hydrogen) atoms. The van der Waals surface area contributed by atoms with Gasteiger partial charge in [-0.2, -0.15) is 5.10 Å². The molecule has 2 heterocycles. The number of benzene rings is 2. The second-order valence-corrected chi connectivity index (χ2v) is 8.96. The number of halogens is 2. The van der Waals surface area contributed by atoms with E-state index in [1.54, 1.807) is 31.0 Å². The maximum atomic E-state index is 6.43. The Morgan fingerprint density at radius 3 is 2.38 bits per heavy atom. The summed E-state index contributed by atoms with van der Waals surface area (Å²) in [5.41, 5.74) is 2.51.